The fourth-order valence-corrected chi connectivity index (χ4v) is 2.32. The van der Waals surface area contributed by atoms with Gasteiger partial charge in [-0.3, -0.25) is 9.79 Å². The van der Waals surface area contributed by atoms with Crippen LogP contribution in [0.15, 0.2) is 35.2 Å². The van der Waals surface area contributed by atoms with Crippen molar-refractivity contribution in [2.24, 2.45) is 10.7 Å². The number of carbonyl (C=O) groups excluding carboxylic acids is 1. The van der Waals surface area contributed by atoms with Crippen LogP contribution >= 0.6 is 0 Å². The molecule has 0 atom stereocenters. The number of nitrogens with zero attached hydrogens (tertiary/aromatic N) is 3. The van der Waals surface area contributed by atoms with E-state index >= 15 is 0 Å². The molecule has 0 unspecified atom stereocenters. The van der Waals surface area contributed by atoms with E-state index in [4.69, 9.17) is 10.8 Å². The molecule has 0 aliphatic carbocycles. The van der Waals surface area contributed by atoms with E-state index in [2.05, 4.69) is 30.9 Å². The first-order valence-corrected chi connectivity index (χ1v) is 9.11. The Morgan fingerprint density at radius 3 is 2.65 bits per heavy atom. The number of aryl methyl sites for hydroxylation is 1. The van der Waals surface area contributed by atoms with Gasteiger partial charge in [0.15, 0.2) is 0 Å². The minimum Gasteiger partial charge on any atom is -0.403 e. The van der Waals surface area contributed by atoms with Crippen molar-refractivity contribution >= 4 is 23.9 Å². The molecule has 31 heavy (non-hydrogen) atoms. The maximum absolute atomic E-state index is 13.8. The number of anilines is 2. The van der Waals surface area contributed by atoms with Crippen molar-refractivity contribution in [1.29, 1.82) is 0 Å². The van der Waals surface area contributed by atoms with Crippen LogP contribution in [-0.2, 0) is 11.3 Å². The summed E-state index contributed by atoms with van der Waals surface area (Å²) in [5.41, 5.74) is 6.09. The highest BCUT2D eigenvalue weighted by Gasteiger charge is 2.13. The van der Waals surface area contributed by atoms with Crippen LogP contribution in [0, 0.1) is 24.4 Å². The first kappa shape index (κ1) is 23.6. The number of amides is 1. The molecule has 2 aromatic rings. The largest absolute Gasteiger partial charge is 0.403 e. The van der Waals surface area contributed by atoms with Crippen molar-refractivity contribution in [3.05, 3.63) is 58.8 Å². The number of nitrogens with one attached hydrogen (secondary N) is 3. The van der Waals surface area contributed by atoms with Crippen LogP contribution in [0.3, 0.4) is 0 Å². The zero-order valence-corrected chi connectivity index (χ0v) is 16.6. The maximum atomic E-state index is 13.8. The summed E-state index contributed by atoms with van der Waals surface area (Å²) in [6.07, 6.45) is 3.97. The van der Waals surface area contributed by atoms with Crippen LogP contribution in [0.25, 0.3) is 0 Å². The maximum Gasteiger partial charge on any atom is 0.241 e. The second-order valence-corrected chi connectivity index (χ2v) is 6.22. The SMILES string of the molecule is Cc1cnc(N/C(C=NCC(=O)NCCO)=C/N)nc1NCc1c(F)cc(F)cc1F. The molecule has 1 aromatic carbocycles. The van der Waals surface area contributed by atoms with E-state index in [0.29, 0.717) is 23.4 Å². The van der Waals surface area contributed by atoms with Gasteiger partial charge in [-0.1, -0.05) is 0 Å². The van der Waals surface area contributed by atoms with Gasteiger partial charge in [-0.15, -0.1) is 0 Å². The molecule has 166 valence electrons. The van der Waals surface area contributed by atoms with Gasteiger partial charge in [-0.2, -0.15) is 4.98 Å². The zero-order valence-electron chi connectivity index (χ0n) is 16.6. The highest BCUT2D eigenvalue weighted by atomic mass is 19.1. The molecule has 6 N–H and O–H groups in total. The molecule has 0 saturated heterocycles. The lowest BCUT2D eigenvalue weighted by Gasteiger charge is -2.12. The van der Waals surface area contributed by atoms with Crippen molar-refractivity contribution < 1.29 is 23.1 Å². The summed E-state index contributed by atoms with van der Waals surface area (Å²) < 4.78 is 40.7. The number of halogens is 3. The highest BCUT2D eigenvalue weighted by molar-refractivity contribution is 5.85. The standard InChI is InChI=1S/C19H22F3N7O2/c1-11-7-27-19(28-13(6-23)8-24-10-17(31)25-2-3-30)29-18(11)26-9-14-15(21)4-12(20)5-16(14)22/h4-8,30H,2-3,9-10,23H2,1H3,(H,25,31)(H2,26,27,28,29)/b13-6+,24-8?. The molecule has 0 aliphatic rings. The molecule has 0 aliphatic heterocycles. The summed E-state index contributed by atoms with van der Waals surface area (Å²) in [7, 11) is 0. The van der Waals surface area contributed by atoms with Gasteiger partial charge in [-0.25, -0.2) is 18.2 Å². The molecular formula is C19H22F3N7O2. The van der Waals surface area contributed by atoms with Gasteiger partial charge in [-0.05, 0) is 6.92 Å². The van der Waals surface area contributed by atoms with Crippen LogP contribution in [0.2, 0.25) is 0 Å². The van der Waals surface area contributed by atoms with Crippen LogP contribution in [0.4, 0.5) is 24.9 Å². The summed E-state index contributed by atoms with van der Waals surface area (Å²) in [6.45, 7) is 1.21. The summed E-state index contributed by atoms with van der Waals surface area (Å²) in [4.78, 5) is 23.7. The number of aliphatic hydroxyl groups is 1. The van der Waals surface area contributed by atoms with Gasteiger partial charge in [0.05, 0.1) is 12.3 Å². The second kappa shape index (κ2) is 11.5. The predicted molar refractivity (Wildman–Crippen MR) is 110 cm³/mol. The van der Waals surface area contributed by atoms with Crippen LogP contribution in [0.5, 0.6) is 0 Å². The number of hydrogen-bond acceptors (Lipinski definition) is 8. The van der Waals surface area contributed by atoms with E-state index in [1.807, 2.05) is 0 Å². The lowest BCUT2D eigenvalue weighted by Crippen LogP contribution is -2.28. The van der Waals surface area contributed by atoms with E-state index in [-0.39, 0.29) is 49.5 Å². The van der Waals surface area contributed by atoms with E-state index in [1.54, 1.807) is 6.92 Å². The number of aliphatic imine (C=N–C) groups is 1. The third-order valence-electron chi connectivity index (χ3n) is 3.85. The summed E-state index contributed by atoms with van der Waals surface area (Å²) in [6, 6.07) is 1.20. The molecule has 12 heteroatoms. The van der Waals surface area contributed by atoms with Crippen molar-refractivity contribution in [1.82, 2.24) is 15.3 Å². The van der Waals surface area contributed by atoms with Crippen LogP contribution < -0.4 is 21.7 Å². The molecule has 1 heterocycles. The first-order valence-electron chi connectivity index (χ1n) is 9.11. The number of carbonyl (C=O) groups is 1. The number of hydrogen-bond donors (Lipinski definition) is 5. The van der Waals surface area contributed by atoms with E-state index < -0.39 is 17.5 Å². The minimum absolute atomic E-state index is 0.112. The van der Waals surface area contributed by atoms with Gasteiger partial charge in [0.1, 0.15) is 29.8 Å². The quantitative estimate of drug-likeness (QED) is 0.352. The summed E-state index contributed by atoms with van der Waals surface area (Å²) in [5.74, 6) is -3.00. The fourth-order valence-electron chi connectivity index (χ4n) is 2.32. The number of aliphatic hydroxyl groups excluding tert-OH is 1. The Bertz CT molecular complexity index is 960. The average molecular weight is 437 g/mol. The average Bonchev–Trinajstić information content (AvgIpc) is 2.72. The molecule has 0 radical (unpaired) electrons. The third kappa shape index (κ3) is 7.26. The predicted octanol–water partition coefficient (Wildman–Crippen LogP) is 1.21. The monoisotopic (exact) mass is 437 g/mol. The van der Waals surface area contributed by atoms with Crippen LogP contribution in [-0.4, -0.2) is 46.9 Å². The number of aromatic nitrogens is 2. The molecule has 0 bridgehead atoms. The van der Waals surface area contributed by atoms with Crippen LogP contribution in [0.1, 0.15) is 11.1 Å². The molecule has 0 fully saturated rings. The van der Waals surface area contributed by atoms with Gasteiger partial charge in [0.2, 0.25) is 11.9 Å². The Morgan fingerprint density at radius 2 is 2.00 bits per heavy atom. The molecule has 1 amide bonds. The Morgan fingerprint density at radius 1 is 1.29 bits per heavy atom. The molecule has 0 spiro atoms. The van der Waals surface area contributed by atoms with Gasteiger partial charge >= 0.3 is 0 Å². The Balaban J connectivity index is 2.04. The van der Waals surface area contributed by atoms with Gasteiger partial charge < -0.3 is 26.8 Å². The lowest BCUT2D eigenvalue weighted by atomic mass is 10.2. The molecule has 0 saturated carbocycles. The van der Waals surface area contributed by atoms with Crippen molar-refractivity contribution in [3.63, 3.8) is 0 Å². The number of rotatable bonds is 10. The van der Waals surface area contributed by atoms with Crippen molar-refractivity contribution in [3.8, 4) is 0 Å². The Labute approximate surface area is 176 Å². The molecule has 2 rings (SSSR count). The Kier molecular flexibility index (Phi) is 8.76. The van der Waals surface area contributed by atoms with Gasteiger partial charge in [0.25, 0.3) is 0 Å². The highest BCUT2D eigenvalue weighted by Crippen LogP contribution is 2.18. The van der Waals surface area contributed by atoms with Crippen molar-refractivity contribution in [2.45, 2.75) is 13.5 Å². The summed E-state index contributed by atoms with van der Waals surface area (Å²) >= 11 is 0. The number of nitrogens with two attached hydrogens (primary N) is 1. The zero-order chi connectivity index (χ0) is 22.8. The number of benzene rings is 1. The topological polar surface area (TPSA) is 138 Å². The summed E-state index contributed by atoms with van der Waals surface area (Å²) in [5, 5.41) is 16.7. The fraction of sp³-hybridized carbons (Fsp3) is 0.263. The molecule has 1 aromatic heterocycles. The van der Waals surface area contributed by atoms with E-state index in [1.165, 1.54) is 18.6 Å². The van der Waals surface area contributed by atoms with Crippen molar-refractivity contribution in [2.75, 3.05) is 30.3 Å². The minimum atomic E-state index is -1.01. The van der Waals surface area contributed by atoms with E-state index in [9.17, 15) is 18.0 Å². The Hall–Kier alpha value is -3.67. The first-order chi connectivity index (χ1) is 14.8. The number of allylic oxidation sites excluding steroid dienone is 1. The smallest absolute Gasteiger partial charge is 0.241 e. The molecular weight excluding hydrogens is 415 g/mol. The molecule has 9 nitrogen and oxygen atoms in total. The lowest BCUT2D eigenvalue weighted by molar-refractivity contribution is -0.119. The second-order valence-electron chi connectivity index (χ2n) is 6.22. The van der Waals surface area contributed by atoms with E-state index in [0.717, 1.165) is 0 Å². The normalized spacial score (nSPS) is 11.6. The van der Waals surface area contributed by atoms with Gasteiger partial charge in [0, 0.05) is 55.0 Å². The third-order valence-corrected chi connectivity index (χ3v) is 3.85.